The maximum Gasteiger partial charge on any atom is 0.335 e. The van der Waals surface area contributed by atoms with Gasteiger partial charge in [0.05, 0.1) is 11.1 Å². The Kier molecular flexibility index (Phi) is 3.89. The number of rotatable bonds is 4. The maximum absolute atomic E-state index is 13.7. The largest absolute Gasteiger partial charge is 0.478 e. The number of nitrogen functional groups attached to an aromatic ring is 1. The van der Waals surface area contributed by atoms with Gasteiger partial charge in [-0.05, 0) is 47.5 Å². The highest BCUT2D eigenvalue weighted by Gasteiger charge is 2.13. The topological polar surface area (TPSA) is 101 Å². The summed E-state index contributed by atoms with van der Waals surface area (Å²) in [5.41, 5.74) is 6.30. The summed E-state index contributed by atoms with van der Waals surface area (Å²) in [7, 11) is 0. The highest BCUT2D eigenvalue weighted by molar-refractivity contribution is 5.94. The Morgan fingerprint density at radius 1 is 1.00 bits per heavy atom. The van der Waals surface area contributed by atoms with E-state index in [0.717, 1.165) is 6.07 Å². The molecule has 0 aliphatic rings. The molecular weight excluding hydrogens is 277 g/mol. The van der Waals surface area contributed by atoms with E-state index < -0.39 is 17.8 Å². The van der Waals surface area contributed by atoms with E-state index >= 15 is 0 Å². The van der Waals surface area contributed by atoms with Gasteiger partial charge in [0.15, 0.2) is 0 Å². The van der Waals surface area contributed by atoms with Crippen LogP contribution in [0.5, 0.6) is 0 Å². The van der Waals surface area contributed by atoms with Crippen molar-refractivity contribution in [1.29, 1.82) is 0 Å². The van der Waals surface area contributed by atoms with Crippen LogP contribution in [-0.2, 0) is 6.42 Å². The highest BCUT2D eigenvalue weighted by atomic mass is 19.1. The monoisotopic (exact) mass is 289 g/mol. The average Bonchev–Trinajstić information content (AvgIpc) is 2.42. The molecule has 0 fully saturated rings. The zero-order chi connectivity index (χ0) is 15.6. The molecule has 0 aliphatic carbocycles. The van der Waals surface area contributed by atoms with Crippen molar-refractivity contribution in [2.75, 3.05) is 5.73 Å². The van der Waals surface area contributed by atoms with Crippen molar-refractivity contribution in [2.45, 2.75) is 6.42 Å². The number of carbonyl (C=O) groups is 2. The maximum atomic E-state index is 13.7. The van der Waals surface area contributed by atoms with Crippen molar-refractivity contribution in [3.63, 3.8) is 0 Å². The Bertz CT molecular complexity index is 695. The number of anilines is 1. The van der Waals surface area contributed by atoms with Gasteiger partial charge in [-0.2, -0.15) is 0 Å². The van der Waals surface area contributed by atoms with Crippen LogP contribution in [0.3, 0.4) is 0 Å². The number of hydrogen-bond donors (Lipinski definition) is 3. The number of carboxylic acid groups (broad SMARTS) is 2. The van der Waals surface area contributed by atoms with E-state index in [2.05, 4.69) is 0 Å². The van der Waals surface area contributed by atoms with Gasteiger partial charge in [-0.15, -0.1) is 0 Å². The third kappa shape index (κ3) is 3.36. The van der Waals surface area contributed by atoms with Crippen LogP contribution >= 0.6 is 0 Å². The molecule has 0 aromatic heterocycles. The minimum absolute atomic E-state index is 0.0538. The molecule has 4 N–H and O–H groups in total. The lowest BCUT2D eigenvalue weighted by Gasteiger charge is -2.07. The summed E-state index contributed by atoms with van der Waals surface area (Å²) in [6, 6.07) is 7.75. The molecule has 0 amide bonds. The van der Waals surface area contributed by atoms with Crippen molar-refractivity contribution in [2.24, 2.45) is 0 Å². The van der Waals surface area contributed by atoms with Crippen LogP contribution in [0.25, 0.3) is 0 Å². The van der Waals surface area contributed by atoms with Crippen LogP contribution in [-0.4, -0.2) is 22.2 Å². The first-order valence-electron chi connectivity index (χ1n) is 6.01. The lowest BCUT2D eigenvalue weighted by molar-refractivity contribution is 0.0696. The van der Waals surface area contributed by atoms with E-state index in [9.17, 15) is 14.0 Å². The molecule has 0 saturated heterocycles. The van der Waals surface area contributed by atoms with E-state index in [1.165, 1.54) is 30.3 Å². The summed E-state index contributed by atoms with van der Waals surface area (Å²) in [5, 5.41) is 18.0. The summed E-state index contributed by atoms with van der Waals surface area (Å²) in [6.07, 6.45) is 0.0538. The van der Waals surface area contributed by atoms with E-state index in [1.54, 1.807) is 0 Å². The van der Waals surface area contributed by atoms with Gasteiger partial charge in [-0.3, -0.25) is 0 Å². The minimum atomic E-state index is -1.24. The number of carboxylic acids is 2. The van der Waals surface area contributed by atoms with Crippen molar-refractivity contribution in [3.05, 3.63) is 64.5 Å². The lowest BCUT2D eigenvalue weighted by atomic mass is 9.99. The van der Waals surface area contributed by atoms with E-state index in [4.69, 9.17) is 15.9 Å². The van der Waals surface area contributed by atoms with Crippen molar-refractivity contribution < 1.29 is 24.2 Å². The average molecular weight is 289 g/mol. The van der Waals surface area contributed by atoms with E-state index in [0.29, 0.717) is 11.3 Å². The van der Waals surface area contributed by atoms with Gasteiger partial charge >= 0.3 is 11.9 Å². The van der Waals surface area contributed by atoms with Crippen LogP contribution in [0, 0.1) is 5.82 Å². The van der Waals surface area contributed by atoms with Gasteiger partial charge in [0.25, 0.3) is 0 Å². The summed E-state index contributed by atoms with van der Waals surface area (Å²) >= 11 is 0. The quantitative estimate of drug-likeness (QED) is 0.750. The van der Waals surface area contributed by atoms with Gasteiger partial charge in [-0.25, -0.2) is 14.0 Å². The Labute approximate surface area is 119 Å². The van der Waals surface area contributed by atoms with Crippen LogP contribution in [0.1, 0.15) is 31.8 Å². The number of benzene rings is 2. The molecule has 2 aromatic rings. The molecule has 21 heavy (non-hydrogen) atoms. The number of aromatic carboxylic acids is 2. The Morgan fingerprint density at radius 2 is 1.57 bits per heavy atom. The van der Waals surface area contributed by atoms with Gasteiger partial charge in [0.2, 0.25) is 0 Å². The normalized spacial score (nSPS) is 10.3. The second kappa shape index (κ2) is 5.62. The van der Waals surface area contributed by atoms with Gasteiger partial charge in [0, 0.05) is 12.1 Å². The summed E-state index contributed by atoms with van der Waals surface area (Å²) in [6.45, 7) is 0. The third-order valence-electron chi connectivity index (χ3n) is 2.95. The van der Waals surface area contributed by atoms with E-state index in [-0.39, 0.29) is 23.1 Å². The fourth-order valence-corrected chi connectivity index (χ4v) is 1.99. The number of halogens is 1. The van der Waals surface area contributed by atoms with Crippen LogP contribution in [0.15, 0.2) is 36.4 Å². The Morgan fingerprint density at radius 3 is 2.10 bits per heavy atom. The molecule has 0 spiro atoms. The number of hydrogen-bond acceptors (Lipinski definition) is 3. The summed E-state index contributed by atoms with van der Waals surface area (Å²) in [4.78, 5) is 22.0. The van der Waals surface area contributed by atoms with Crippen LogP contribution < -0.4 is 5.73 Å². The van der Waals surface area contributed by atoms with E-state index in [1.807, 2.05) is 0 Å². The second-order valence-electron chi connectivity index (χ2n) is 4.56. The first-order valence-corrected chi connectivity index (χ1v) is 6.01. The Hall–Kier alpha value is -2.89. The van der Waals surface area contributed by atoms with Crippen LogP contribution in [0.4, 0.5) is 10.1 Å². The predicted molar refractivity (Wildman–Crippen MR) is 74.0 cm³/mol. The fourth-order valence-electron chi connectivity index (χ4n) is 1.99. The van der Waals surface area contributed by atoms with Crippen molar-refractivity contribution >= 4 is 17.6 Å². The SMILES string of the molecule is Nc1ccc(F)c(Cc2cc(C(=O)O)cc(C(=O)O)c2)c1. The molecule has 0 bridgehead atoms. The third-order valence-corrected chi connectivity index (χ3v) is 2.95. The molecule has 0 unspecified atom stereocenters. The molecule has 2 aromatic carbocycles. The van der Waals surface area contributed by atoms with Crippen molar-refractivity contribution in [3.8, 4) is 0 Å². The molecule has 2 rings (SSSR count). The van der Waals surface area contributed by atoms with Crippen LogP contribution in [0.2, 0.25) is 0 Å². The molecule has 5 nitrogen and oxygen atoms in total. The van der Waals surface area contributed by atoms with Gasteiger partial charge < -0.3 is 15.9 Å². The molecule has 0 radical (unpaired) electrons. The first kappa shape index (κ1) is 14.5. The van der Waals surface area contributed by atoms with Gasteiger partial charge in [-0.1, -0.05) is 0 Å². The molecule has 0 saturated carbocycles. The zero-order valence-electron chi connectivity index (χ0n) is 10.8. The zero-order valence-corrected chi connectivity index (χ0v) is 10.8. The summed E-state index contributed by atoms with van der Waals surface area (Å²) < 4.78 is 13.7. The first-order chi connectivity index (χ1) is 9.86. The molecule has 0 atom stereocenters. The lowest BCUT2D eigenvalue weighted by Crippen LogP contribution is -2.05. The van der Waals surface area contributed by atoms with Gasteiger partial charge in [0.1, 0.15) is 5.82 Å². The predicted octanol–water partition coefficient (Wildman–Crippen LogP) is 2.40. The highest BCUT2D eigenvalue weighted by Crippen LogP contribution is 2.19. The molecular formula is C15H12FNO4. The molecule has 0 aliphatic heterocycles. The molecule has 0 heterocycles. The summed E-state index contributed by atoms with van der Waals surface area (Å²) in [5.74, 6) is -2.97. The second-order valence-corrected chi connectivity index (χ2v) is 4.56. The standard InChI is InChI=1S/C15H12FNO4/c16-13-2-1-12(17)7-9(13)3-8-4-10(14(18)19)6-11(5-8)15(20)21/h1-2,4-7H,3,17H2,(H,18,19)(H,20,21). The molecule has 6 heteroatoms. The molecule has 108 valence electrons. The minimum Gasteiger partial charge on any atom is -0.478 e. The fraction of sp³-hybridized carbons (Fsp3) is 0.0667. The smallest absolute Gasteiger partial charge is 0.335 e. The number of nitrogens with two attached hydrogens (primary N) is 1. The van der Waals surface area contributed by atoms with Crippen molar-refractivity contribution in [1.82, 2.24) is 0 Å². The Balaban J connectivity index is 2.45.